The first-order chi connectivity index (χ1) is 25.2. The fourth-order valence-electron chi connectivity index (χ4n) is 6.21. The Morgan fingerprint density at radius 1 is 1.21 bits per heavy atom. The summed E-state index contributed by atoms with van der Waals surface area (Å²) >= 11 is 2.41. The Balaban J connectivity index is 1.12. The predicted molar refractivity (Wildman–Crippen MR) is 193 cm³/mol. The summed E-state index contributed by atoms with van der Waals surface area (Å²) in [6, 6.07) is 9.82. The number of amides is 1. The van der Waals surface area contributed by atoms with Crippen LogP contribution < -0.4 is 30.9 Å². The molecule has 53 heavy (non-hydrogen) atoms. The Hall–Kier alpha value is -5.43. The van der Waals surface area contributed by atoms with Crippen LogP contribution in [-0.4, -0.2) is 84.7 Å². The molecule has 2 aromatic heterocycles. The molecule has 0 radical (unpaired) electrons. The number of fused-ring (bicyclic) bond motifs is 2. The molecular weight excluding hydrogens is 727 g/mol. The van der Waals surface area contributed by atoms with Crippen LogP contribution in [0.2, 0.25) is 0 Å². The van der Waals surface area contributed by atoms with Gasteiger partial charge in [0, 0.05) is 42.6 Å². The van der Waals surface area contributed by atoms with Gasteiger partial charge in [-0.15, -0.1) is 32.5 Å². The van der Waals surface area contributed by atoms with Gasteiger partial charge in [-0.25, -0.2) is 9.78 Å². The molecule has 0 aliphatic carbocycles. The van der Waals surface area contributed by atoms with Crippen molar-refractivity contribution in [1.29, 1.82) is 5.41 Å². The van der Waals surface area contributed by atoms with E-state index >= 15 is 0 Å². The maximum Gasteiger partial charge on any atom is 0.350 e. The summed E-state index contributed by atoms with van der Waals surface area (Å²) in [5.74, 6) is -2.66. The number of hydrogen-bond donors (Lipinski definition) is 4. The molecule has 5 heterocycles. The largest absolute Gasteiger partial charge is 0.543 e. The third kappa shape index (κ3) is 7.99. The Kier molecular flexibility index (Phi) is 10.8. The van der Waals surface area contributed by atoms with E-state index in [-0.39, 0.29) is 41.0 Å². The number of thiazole rings is 1. The third-order valence-corrected chi connectivity index (χ3v) is 11.1. The van der Waals surface area contributed by atoms with Gasteiger partial charge in [-0.1, -0.05) is 17.3 Å². The van der Waals surface area contributed by atoms with Crippen LogP contribution in [-0.2, 0) is 43.7 Å². The number of aromatic nitrogens is 3. The number of ether oxygens (including phenoxy) is 1. The highest BCUT2D eigenvalue weighted by atomic mass is 32.2. The lowest BCUT2D eigenvalue weighted by atomic mass is 9.89. The number of nitrogen functional groups attached to an aromatic ring is 1. The molecule has 280 valence electrons. The summed E-state index contributed by atoms with van der Waals surface area (Å²) in [6.07, 6.45) is 2.72. The predicted octanol–water partition coefficient (Wildman–Crippen LogP) is 0.708. The number of carbonyl (C=O) groups is 4. The van der Waals surface area contributed by atoms with Crippen LogP contribution in [0, 0.1) is 11.3 Å². The lowest BCUT2D eigenvalue weighted by molar-refractivity contribution is -0.766. The van der Waals surface area contributed by atoms with Crippen LogP contribution in [0.15, 0.2) is 58.3 Å². The summed E-state index contributed by atoms with van der Waals surface area (Å²) in [5, 5.41) is 34.1. The Bertz CT molecular complexity index is 2010. The van der Waals surface area contributed by atoms with Gasteiger partial charge in [0.05, 0.1) is 48.0 Å². The number of Topliss-reactive ketones (excluding diaryl/α,β-unsaturated/α-hetero) is 1. The number of carboxylic acids is 2. The smallest absolute Gasteiger partial charge is 0.350 e. The second kappa shape index (κ2) is 15.3. The fraction of sp³-hybridized carbons (Fsp3) is 0.412. The molecule has 1 fully saturated rings. The molecule has 6 rings (SSSR count). The third-order valence-electron chi connectivity index (χ3n) is 9.05. The molecule has 3 aromatic rings. The quantitative estimate of drug-likeness (QED) is 0.0370. The molecule has 3 aliphatic heterocycles. The maximum atomic E-state index is 13.5. The molecule has 2 atom stereocenters. The molecule has 1 saturated heterocycles. The molecule has 3 aliphatic rings. The molecule has 0 bridgehead atoms. The number of rotatable bonds is 17. The number of oxime groups is 1. The number of amidine groups is 1. The minimum absolute atomic E-state index is 0.0766. The van der Waals surface area contributed by atoms with E-state index in [1.807, 2.05) is 41.2 Å². The number of anilines is 2. The Morgan fingerprint density at radius 3 is 2.62 bits per heavy atom. The number of carboxylic acid groups (broad SMARTS) is 2. The number of β-lactam (4-membered cyclic amide) rings is 1. The van der Waals surface area contributed by atoms with E-state index in [2.05, 4.69) is 19.7 Å². The standard InChI is InChI=1S/C34H39N9O8S2/c1-34(2,32(48)49)51-39-27(23-18-53-33(37)38-23)24(44)14-22-29(45)43-28(31(46)47)20(17-52-30(22)43)16-41-10-9-26-40(11-12-42(26)41)15-19-5-7-21(8-6-19)50-13-3-4-25(35)36/h5-10,18,22,30H,3-4,11-17H2,1-2H3,(H6-,35,36,37,38,46,47,48,49)/b39-27-/t22-,30-/m1/s1. The number of nitrogens with one attached hydrogen (secondary N) is 1. The monoisotopic (exact) mass is 765 g/mol. The van der Waals surface area contributed by atoms with Gasteiger partial charge in [0.25, 0.3) is 0 Å². The topological polar surface area (TPSA) is 246 Å². The highest BCUT2D eigenvalue weighted by molar-refractivity contribution is 8.00. The van der Waals surface area contributed by atoms with Crippen LogP contribution in [0.4, 0.5) is 10.9 Å². The Labute approximate surface area is 312 Å². The number of carbonyl (C=O) groups excluding carboxylic acids is 3. The van der Waals surface area contributed by atoms with Crippen molar-refractivity contribution in [3.63, 3.8) is 0 Å². The van der Waals surface area contributed by atoms with Gasteiger partial charge >= 0.3 is 5.97 Å². The summed E-state index contributed by atoms with van der Waals surface area (Å²) in [5.41, 5.74) is 10.6. The van der Waals surface area contributed by atoms with Gasteiger partial charge in [0.2, 0.25) is 11.5 Å². The number of aliphatic carboxylic acids is 2. The second-order valence-corrected chi connectivity index (χ2v) is 15.2. The van der Waals surface area contributed by atoms with Crippen molar-refractivity contribution in [2.45, 2.75) is 63.7 Å². The van der Waals surface area contributed by atoms with E-state index < -0.39 is 40.5 Å². The van der Waals surface area contributed by atoms with Crippen LogP contribution in [0.1, 0.15) is 44.4 Å². The molecule has 19 heteroatoms. The zero-order valence-corrected chi connectivity index (χ0v) is 30.7. The molecule has 17 nitrogen and oxygen atoms in total. The number of hydrogen-bond acceptors (Lipinski definition) is 14. The first-order valence-corrected chi connectivity index (χ1v) is 18.7. The lowest BCUT2D eigenvalue weighted by Gasteiger charge is -2.50. The van der Waals surface area contributed by atoms with Crippen molar-refractivity contribution < 1.29 is 43.6 Å². The van der Waals surface area contributed by atoms with Gasteiger partial charge in [-0.05, 0) is 38.0 Å². The molecule has 1 amide bonds. The number of benzene rings is 1. The minimum Gasteiger partial charge on any atom is -0.543 e. The van der Waals surface area contributed by atoms with E-state index in [1.54, 1.807) is 0 Å². The number of nitrogens with two attached hydrogens (primary N) is 2. The van der Waals surface area contributed by atoms with Crippen LogP contribution in [0.5, 0.6) is 5.75 Å². The number of nitrogens with zero attached hydrogens (tertiary/aromatic N) is 6. The molecule has 1 aromatic carbocycles. The van der Waals surface area contributed by atoms with Crippen molar-refractivity contribution in [3.05, 3.63) is 64.4 Å². The lowest BCUT2D eigenvalue weighted by Crippen LogP contribution is -2.63. The zero-order valence-electron chi connectivity index (χ0n) is 29.0. The first kappa shape index (κ1) is 37.3. The van der Waals surface area contributed by atoms with Crippen molar-refractivity contribution >= 4 is 69.2 Å². The summed E-state index contributed by atoms with van der Waals surface area (Å²) < 4.78 is 9.74. The molecule has 0 spiro atoms. The van der Waals surface area contributed by atoms with Crippen molar-refractivity contribution in [2.75, 3.05) is 29.5 Å². The van der Waals surface area contributed by atoms with Gasteiger partial charge < -0.3 is 40.9 Å². The number of thioether (sulfide) groups is 1. The summed E-state index contributed by atoms with van der Waals surface area (Å²) in [6.45, 7) is 5.32. The van der Waals surface area contributed by atoms with E-state index in [1.165, 1.54) is 35.9 Å². The fourth-order valence-corrected chi connectivity index (χ4v) is 8.16. The highest BCUT2D eigenvalue weighted by Crippen LogP contribution is 2.45. The van der Waals surface area contributed by atoms with Gasteiger partial charge in [0.1, 0.15) is 11.4 Å². The average Bonchev–Trinajstić information content (AvgIpc) is 3.84. The van der Waals surface area contributed by atoms with E-state index in [0.717, 1.165) is 35.0 Å². The minimum atomic E-state index is -1.75. The second-order valence-electron chi connectivity index (χ2n) is 13.2. The van der Waals surface area contributed by atoms with Crippen LogP contribution in [0.3, 0.4) is 0 Å². The Morgan fingerprint density at radius 2 is 1.96 bits per heavy atom. The molecule has 0 saturated carbocycles. The zero-order chi connectivity index (χ0) is 38.0. The van der Waals surface area contributed by atoms with Crippen LogP contribution in [0.25, 0.3) is 0 Å². The SMILES string of the molecule is CC(C)(O/N=C(\C(=O)C[C@@H]1C(=O)N2C(C(=O)[O-])=C(C[n+]3ccc4n3CCN4Cc3ccc(OCCCC(=N)N)cc3)CS[C@H]12)c1csc(N)n1)C(=O)O. The van der Waals surface area contributed by atoms with Crippen molar-refractivity contribution in [2.24, 2.45) is 16.8 Å². The maximum absolute atomic E-state index is 13.5. The molecule has 6 N–H and O–H groups in total. The van der Waals surface area contributed by atoms with Crippen molar-refractivity contribution in [3.8, 4) is 5.75 Å². The normalized spacial score (nSPS) is 18.4. The average molecular weight is 766 g/mol. The van der Waals surface area contributed by atoms with Gasteiger partial charge in [0.15, 0.2) is 35.2 Å². The summed E-state index contributed by atoms with van der Waals surface area (Å²) in [4.78, 5) is 63.7. The molecule has 0 unspecified atom stereocenters. The molecular formula is C34H39N9O8S2. The number of ketones is 1. The van der Waals surface area contributed by atoms with Gasteiger partial charge in [-0.2, -0.15) is 0 Å². The van der Waals surface area contributed by atoms with Gasteiger partial charge in [-0.3, -0.25) is 19.9 Å². The van der Waals surface area contributed by atoms with E-state index in [0.29, 0.717) is 43.9 Å². The first-order valence-electron chi connectivity index (χ1n) is 16.7. The highest BCUT2D eigenvalue weighted by Gasteiger charge is 2.53. The van der Waals surface area contributed by atoms with Crippen LogP contribution >= 0.6 is 23.1 Å². The van der Waals surface area contributed by atoms with E-state index in [4.69, 9.17) is 26.5 Å². The van der Waals surface area contributed by atoms with Crippen molar-refractivity contribution in [1.82, 2.24) is 14.6 Å². The van der Waals surface area contributed by atoms with E-state index in [9.17, 15) is 29.4 Å². The summed E-state index contributed by atoms with van der Waals surface area (Å²) in [7, 11) is 0.